The minimum atomic E-state index is -3.08. The average Bonchev–Trinajstić information content (AvgIpc) is 2.89. The monoisotopic (exact) mass is 401 g/mol. The first-order valence-electron chi connectivity index (χ1n) is 8.46. The standard InChI is InChI=1S/C17H24ClN3O4S/c1-11(2)15(16(22)19-9-12-5-3-4-6-14(12)18)21-17(23)20-13-7-8-26(24,25)10-13/h3-6,11,13,15H,7-10H2,1-2H3,(H,19,22)(H2,20,21,23)/t13?,15-/m0/s1. The Balaban J connectivity index is 1.90. The second kappa shape index (κ2) is 8.73. The van der Waals surface area contributed by atoms with Gasteiger partial charge in [-0.2, -0.15) is 0 Å². The van der Waals surface area contributed by atoms with E-state index in [9.17, 15) is 18.0 Å². The summed E-state index contributed by atoms with van der Waals surface area (Å²) in [6.07, 6.45) is 0.390. The number of hydrogen-bond acceptors (Lipinski definition) is 4. The van der Waals surface area contributed by atoms with Crippen LogP contribution in [0.2, 0.25) is 5.02 Å². The number of sulfone groups is 1. The van der Waals surface area contributed by atoms with Crippen LogP contribution < -0.4 is 16.0 Å². The van der Waals surface area contributed by atoms with E-state index >= 15 is 0 Å². The van der Waals surface area contributed by atoms with E-state index in [1.54, 1.807) is 12.1 Å². The van der Waals surface area contributed by atoms with Crippen LogP contribution in [-0.4, -0.2) is 43.9 Å². The molecule has 26 heavy (non-hydrogen) atoms. The molecule has 1 aliphatic heterocycles. The summed E-state index contributed by atoms with van der Waals surface area (Å²) in [5, 5.41) is 8.59. The summed E-state index contributed by atoms with van der Waals surface area (Å²) >= 11 is 6.07. The third-order valence-electron chi connectivity index (χ3n) is 4.21. The van der Waals surface area contributed by atoms with E-state index in [0.717, 1.165) is 5.56 Å². The molecule has 1 aromatic carbocycles. The lowest BCUT2D eigenvalue weighted by Gasteiger charge is -2.23. The molecule has 0 radical (unpaired) electrons. The van der Waals surface area contributed by atoms with E-state index in [2.05, 4.69) is 16.0 Å². The highest BCUT2D eigenvalue weighted by Crippen LogP contribution is 2.15. The molecular weight excluding hydrogens is 378 g/mol. The van der Waals surface area contributed by atoms with Gasteiger partial charge in [-0.25, -0.2) is 13.2 Å². The number of urea groups is 1. The molecule has 9 heteroatoms. The molecule has 1 fully saturated rings. The maximum absolute atomic E-state index is 12.5. The molecule has 1 aromatic rings. The molecule has 0 bridgehead atoms. The first-order chi connectivity index (χ1) is 12.2. The van der Waals surface area contributed by atoms with Crippen LogP contribution in [0.4, 0.5) is 4.79 Å². The molecular formula is C17H24ClN3O4S. The molecule has 3 amide bonds. The van der Waals surface area contributed by atoms with Crippen LogP contribution >= 0.6 is 11.6 Å². The maximum atomic E-state index is 12.5. The van der Waals surface area contributed by atoms with Gasteiger partial charge in [-0.3, -0.25) is 4.79 Å². The fraction of sp³-hybridized carbons (Fsp3) is 0.529. The molecule has 0 spiro atoms. The van der Waals surface area contributed by atoms with Crippen molar-refractivity contribution in [3.05, 3.63) is 34.9 Å². The third kappa shape index (κ3) is 5.88. The van der Waals surface area contributed by atoms with Crippen molar-refractivity contribution in [3.8, 4) is 0 Å². The van der Waals surface area contributed by atoms with Crippen molar-refractivity contribution in [1.29, 1.82) is 0 Å². The summed E-state index contributed by atoms with van der Waals surface area (Å²) in [6, 6.07) is 5.49. The predicted octanol–water partition coefficient (Wildman–Crippen LogP) is 1.47. The summed E-state index contributed by atoms with van der Waals surface area (Å²) in [5.74, 6) is -0.455. The highest BCUT2D eigenvalue weighted by atomic mass is 35.5. The van der Waals surface area contributed by atoms with Crippen molar-refractivity contribution in [2.45, 2.75) is 38.9 Å². The smallest absolute Gasteiger partial charge is 0.315 e. The Labute approximate surface area is 158 Å². The molecule has 7 nitrogen and oxygen atoms in total. The van der Waals surface area contributed by atoms with Gasteiger partial charge in [-0.15, -0.1) is 0 Å². The van der Waals surface area contributed by atoms with Crippen LogP contribution in [0.25, 0.3) is 0 Å². The minimum Gasteiger partial charge on any atom is -0.350 e. The first-order valence-corrected chi connectivity index (χ1v) is 10.7. The Morgan fingerprint density at radius 2 is 1.96 bits per heavy atom. The van der Waals surface area contributed by atoms with Crippen molar-refractivity contribution in [2.24, 2.45) is 5.92 Å². The van der Waals surface area contributed by atoms with Gasteiger partial charge < -0.3 is 16.0 Å². The fourth-order valence-electron chi connectivity index (χ4n) is 2.75. The van der Waals surface area contributed by atoms with E-state index in [-0.39, 0.29) is 29.9 Å². The van der Waals surface area contributed by atoms with Gasteiger partial charge in [0.25, 0.3) is 0 Å². The SMILES string of the molecule is CC(C)[C@H](NC(=O)NC1CCS(=O)(=O)C1)C(=O)NCc1ccccc1Cl. The molecule has 0 aromatic heterocycles. The summed E-state index contributed by atoms with van der Waals surface area (Å²) in [6.45, 7) is 3.89. The molecule has 1 aliphatic rings. The number of carbonyl (C=O) groups excluding carboxylic acids is 2. The third-order valence-corrected chi connectivity index (χ3v) is 6.35. The van der Waals surface area contributed by atoms with Crippen LogP contribution in [0, 0.1) is 5.92 Å². The van der Waals surface area contributed by atoms with Gasteiger partial charge in [-0.1, -0.05) is 43.6 Å². The lowest BCUT2D eigenvalue weighted by Crippen LogP contribution is -2.54. The highest BCUT2D eigenvalue weighted by molar-refractivity contribution is 7.91. The summed E-state index contributed by atoms with van der Waals surface area (Å²) in [4.78, 5) is 24.6. The quantitative estimate of drug-likeness (QED) is 0.671. The van der Waals surface area contributed by atoms with Crippen molar-refractivity contribution in [2.75, 3.05) is 11.5 Å². The number of nitrogens with one attached hydrogen (secondary N) is 3. The van der Waals surface area contributed by atoms with Crippen molar-refractivity contribution in [1.82, 2.24) is 16.0 Å². The Hall–Kier alpha value is -1.80. The molecule has 1 heterocycles. The van der Waals surface area contributed by atoms with Gasteiger partial charge in [0.15, 0.2) is 9.84 Å². The zero-order chi connectivity index (χ0) is 19.3. The van der Waals surface area contributed by atoms with Crippen molar-refractivity contribution in [3.63, 3.8) is 0 Å². The number of rotatable bonds is 6. The lowest BCUT2D eigenvalue weighted by atomic mass is 10.0. The largest absolute Gasteiger partial charge is 0.350 e. The van der Waals surface area contributed by atoms with Crippen LogP contribution in [0.1, 0.15) is 25.8 Å². The number of amides is 3. The summed E-state index contributed by atoms with van der Waals surface area (Å²) in [7, 11) is -3.08. The predicted molar refractivity (Wildman–Crippen MR) is 101 cm³/mol. The fourth-order valence-corrected chi connectivity index (χ4v) is 4.62. The molecule has 3 N–H and O–H groups in total. The Bertz CT molecular complexity index is 767. The van der Waals surface area contributed by atoms with E-state index in [1.165, 1.54) is 0 Å². The topological polar surface area (TPSA) is 104 Å². The second-order valence-corrected chi connectivity index (χ2v) is 9.38. The van der Waals surface area contributed by atoms with E-state index < -0.39 is 28.0 Å². The van der Waals surface area contributed by atoms with Gasteiger partial charge in [-0.05, 0) is 24.0 Å². The van der Waals surface area contributed by atoms with Gasteiger partial charge >= 0.3 is 6.03 Å². The Morgan fingerprint density at radius 3 is 2.54 bits per heavy atom. The molecule has 144 valence electrons. The van der Waals surface area contributed by atoms with E-state index in [1.807, 2.05) is 26.0 Å². The van der Waals surface area contributed by atoms with Crippen molar-refractivity contribution < 1.29 is 18.0 Å². The van der Waals surface area contributed by atoms with Gasteiger partial charge in [0.05, 0.1) is 11.5 Å². The van der Waals surface area contributed by atoms with Crippen LogP contribution in [0.15, 0.2) is 24.3 Å². The van der Waals surface area contributed by atoms with Crippen LogP contribution in [0.5, 0.6) is 0 Å². The number of benzene rings is 1. The van der Waals surface area contributed by atoms with Gasteiger partial charge in [0.2, 0.25) is 5.91 Å². The molecule has 0 saturated carbocycles. The molecule has 1 unspecified atom stereocenters. The van der Waals surface area contributed by atoms with Crippen LogP contribution in [-0.2, 0) is 21.2 Å². The van der Waals surface area contributed by atoms with E-state index in [4.69, 9.17) is 11.6 Å². The molecule has 2 atom stereocenters. The maximum Gasteiger partial charge on any atom is 0.315 e. The summed E-state index contributed by atoms with van der Waals surface area (Å²) in [5.41, 5.74) is 0.783. The zero-order valence-electron chi connectivity index (χ0n) is 14.8. The molecule has 2 rings (SSSR count). The first kappa shape index (κ1) is 20.5. The van der Waals surface area contributed by atoms with Gasteiger partial charge in [0, 0.05) is 17.6 Å². The number of halogens is 1. The lowest BCUT2D eigenvalue weighted by molar-refractivity contribution is -0.124. The molecule has 0 aliphatic carbocycles. The average molecular weight is 402 g/mol. The Morgan fingerprint density at radius 1 is 1.27 bits per heavy atom. The second-order valence-electron chi connectivity index (χ2n) is 6.75. The molecule has 1 saturated heterocycles. The number of hydrogen-bond donors (Lipinski definition) is 3. The minimum absolute atomic E-state index is 0.0640. The zero-order valence-corrected chi connectivity index (χ0v) is 16.4. The number of carbonyl (C=O) groups is 2. The highest BCUT2D eigenvalue weighted by Gasteiger charge is 2.30. The van der Waals surface area contributed by atoms with Crippen molar-refractivity contribution >= 4 is 33.4 Å². The normalized spacial score (nSPS) is 19.8. The Kier molecular flexibility index (Phi) is 6.88. The van der Waals surface area contributed by atoms with Gasteiger partial charge in [0.1, 0.15) is 6.04 Å². The van der Waals surface area contributed by atoms with Crippen LogP contribution in [0.3, 0.4) is 0 Å². The summed E-state index contributed by atoms with van der Waals surface area (Å²) < 4.78 is 22.9. The van der Waals surface area contributed by atoms with E-state index in [0.29, 0.717) is 11.4 Å².